The Morgan fingerprint density at radius 2 is 1.88 bits per heavy atom. The fourth-order valence-electron chi connectivity index (χ4n) is 1.93. The van der Waals surface area contributed by atoms with E-state index >= 15 is 0 Å². The summed E-state index contributed by atoms with van der Waals surface area (Å²) in [4.78, 5) is 34.4. The number of non-ortho nitro benzene ring substituents is 1. The lowest BCUT2D eigenvalue weighted by molar-refractivity contribution is -0.384. The van der Waals surface area contributed by atoms with Gasteiger partial charge in [0.25, 0.3) is 11.6 Å². The summed E-state index contributed by atoms with van der Waals surface area (Å²) in [7, 11) is 0. The second kappa shape index (κ2) is 7.56. The molecule has 0 radical (unpaired) electrons. The van der Waals surface area contributed by atoms with Crippen molar-refractivity contribution in [2.75, 3.05) is 5.32 Å². The van der Waals surface area contributed by atoms with Crippen molar-refractivity contribution < 1.29 is 14.5 Å². The minimum atomic E-state index is -0.854. The van der Waals surface area contributed by atoms with Gasteiger partial charge in [0, 0.05) is 17.8 Å². The number of amides is 2. The van der Waals surface area contributed by atoms with Gasteiger partial charge in [-0.1, -0.05) is 29.8 Å². The van der Waals surface area contributed by atoms with Crippen LogP contribution in [0.2, 0.25) is 5.02 Å². The number of nitrogens with zero attached hydrogens (tertiary/aromatic N) is 1. The summed E-state index contributed by atoms with van der Waals surface area (Å²) in [6, 6.07) is 11.2. The Morgan fingerprint density at radius 3 is 2.54 bits per heavy atom. The molecule has 2 N–H and O–H groups in total. The van der Waals surface area contributed by atoms with Crippen LogP contribution in [0.5, 0.6) is 0 Å². The highest BCUT2D eigenvalue weighted by Gasteiger charge is 2.18. The van der Waals surface area contributed by atoms with Crippen LogP contribution in [0.25, 0.3) is 0 Å². The number of benzene rings is 2. The smallest absolute Gasteiger partial charge is 0.271 e. The van der Waals surface area contributed by atoms with Crippen molar-refractivity contribution in [3.8, 4) is 0 Å². The summed E-state index contributed by atoms with van der Waals surface area (Å²) in [6.45, 7) is 1.50. The molecule has 2 aromatic carbocycles. The van der Waals surface area contributed by atoms with Crippen molar-refractivity contribution in [2.24, 2.45) is 0 Å². The predicted molar refractivity (Wildman–Crippen MR) is 90.1 cm³/mol. The number of carbonyl (C=O) groups is 2. The lowest BCUT2D eigenvalue weighted by Gasteiger charge is -2.14. The molecule has 0 unspecified atom stereocenters. The third kappa shape index (κ3) is 4.30. The van der Waals surface area contributed by atoms with Gasteiger partial charge in [0.05, 0.1) is 15.5 Å². The van der Waals surface area contributed by atoms with E-state index in [-0.39, 0.29) is 22.0 Å². The first kappa shape index (κ1) is 17.4. The average molecular weight is 348 g/mol. The second-order valence-electron chi connectivity index (χ2n) is 4.97. The van der Waals surface area contributed by atoms with Crippen LogP contribution >= 0.6 is 11.6 Å². The van der Waals surface area contributed by atoms with Gasteiger partial charge in [-0.2, -0.15) is 0 Å². The molecule has 0 aliphatic carbocycles. The summed E-state index contributed by atoms with van der Waals surface area (Å²) in [5.41, 5.74) is 0.391. The van der Waals surface area contributed by atoms with E-state index in [2.05, 4.69) is 10.6 Å². The molecule has 2 aromatic rings. The number of nitro groups is 1. The van der Waals surface area contributed by atoms with Gasteiger partial charge in [-0.25, -0.2) is 0 Å². The summed E-state index contributed by atoms with van der Waals surface area (Å²) in [5, 5.41) is 16.1. The minimum Gasteiger partial charge on any atom is -0.340 e. The van der Waals surface area contributed by atoms with E-state index in [1.165, 1.54) is 31.2 Å². The van der Waals surface area contributed by atoms with E-state index < -0.39 is 22.8 Å². The van der Waals surface area contributed by atoms with Crippen LogP contribution in [0.1, 0.15) is 17.3 Å². The van der Waals surface area contributed by atoms with Crippen LogP contribution in [-0.2, 0) is 4.79 Å². The molecule has 0 spiro atoms. The molecule has 8 heteroatoms. The SMILES string of the molecule is C[C@H](NC(=O)c1ccccc1Cl)C(=O)Nc1cccc([N+](=O)[O-])c1. The molecule has 24 heavy (non-hydrogen) atoms. The fourth-order valence-corrected chi connectivity index (χ4v) is 2.15. The summed E-state index contributed by atoms with van der Waals surface area (Å²) >= 11 is 5.93. The van der Waals surface area contributed by atoms with Crippen molar-refractivity contribution in [2.45, 2.75) is 13.0 Å². The van der Waals surface area contributed by atoms with Crippen molar-refractivity contribution in [3.63, 3.8) is 0 Å². The minimum absolute atomic E-state index is 0.138. The topological polar surface area (TPSA) is 101 Å². The van der Waals surface area contributed by atoms with Crippen LogP contribution in [0.3, 0.4) is 0 Å². The zero-order valence-electron chi connectivity index (χ0n) is 12.7. The van der Waals surface area contributed by atoms with E-state index in [4.69, 9.17) is 11.6 Å². The number of hydrogen-bond donors (Lipinski definition) is 2. The van der Waals surface area contributed by atoms with Crippen LogP contribution in [0, 0.1) is 10.1 Å². The molecular formula is C16H14ClN3O4. The first-order valence-corrected chi connectivity index (χ1v) is 7.37. The molecule has 0 aromatic heterocycles. The Hall–Kier alpha value is -2.93. The van der Waals surface area contributed by atoms with Gasteiger partial charge in [0.15, 0.2) is 0 Å². The number of carbonyl (C=O) groups excluding carboxylic acids is 2. The molecule has 2 amide bonds. The molecule has 0 bridgehead atoms. The molecule has 0 aliphatic heterocycles. The number of nitrogens with one attached hydrogen (secondary N) is 2. The number of rotatable bonds is 5. The van der Waals surface area contributed by atoms with E-state index in [0.717, 1.165) is 0 Å². The maximum absolute atomic E-state index is 12.1. The van der Waals surface area contributed by atoms with Crippen LogP contribution in [-0.4, -0.2) is 22.8 Å². The molecule has 2 rings (SSSR count). The Balaban J connectivity index is 2.02. The van der Waals surface area contributed by atoms with Crippen molar-refractivity contribution in [1.82, 2.24) is 5.32 Å². The third-order valence-electron chi connectivity index (χ3n) is 3.18. The lowest BCUT2D eigenvalue weighted by Crippen LogP contribution is -2.41. The Labute approximate surface area is 142 Å². The molecule has 7 nitrogen and oxygen atoms in total. The van der Waals surface area contributed by atoms with Crippen molar-refractivity contribution >= 4 is 34.8 Å². The van der Waals surface area contributed by atoms with E-state index in [0.29, 0.717) is 0 Å². The number of hydrogen-bond acceptors (Lipinski definition) is 4. The van der Waals surface area contributed by atoms with Gasteiger partial charge in [-0.3, -0.25) is 19.7 Å². The summed E-state index contributed by atoms with van der Waals surface area (Å²) in [6.07, 6.45) is 0. The van der Waals surface area contributed by atoms with E-state index in [1.807, 2.05) is 0 Å². The van der Waals surface area contributed by atoms with Crippen LogP contribution in [0.4, 0.5) is 11.4 Å². The standard InChI is InChI=1S/C16H14ClN3O4/c1-10(18-16(22)13-7-2-3-8-14(13)17)15(21)19-11-5-4-6-12(9-11)20(23)24/h2-10H,1H3,(H,18,22)(H,19,21)/t10-/m0/s1. The fraction of sp³-hybridized carbons (Fsp3) is 0.125. The van der Waals surface area contributed by atoms with Crippen molar-refractivity contribution in [1.29, 1.82) is 0 Å². The maximum atomic E-state index is 12.1. The third-order valence-corrected chi connectivity index (χ3v) is 3.51. The normalized spacial score (nSPS) is 11.4. The first-order chi connectivity index (χ1) is 11.4. The van der Waals surface area contributed by atoms with E-state index in [1.54, 1.807) is 24.3 Å². The average Bonchev–Trinajstić information content (AvgIpc) is 2.55. The zero-order chi connectivity index (χ0) is 17.7. The quantitative estimate of drug-likeness (QED) is 0.641. The van der Waals surface area contributed by atoms with Gasteiger partial charge in [0.2, 0.25) is 5.91 Å². The number of nitro benzene ring substituents is 1. The molecule has 0 heterocycles. The van der Waals surface area contributed by atoms with Crippen LogP contribution in [0.15, 0.2) is 48.5 Å². The maximum Gasteiger partial charge on any atom is 0.271 e. The lowest BCUT2D eigenvalue weighted by atomic mass is 10.2. The molecule has 0 saturated heterocycles. The zero-order valence-corrected chi connectivity index (χ0v) is 13.4. The predicted octanol–water partition coefficient (Wildman–Crippen LogP) is 3.01. The highest BCUT2D eigenvalue weighted by molar-refractivity contribution is 6.33. The molecule has 0 fully saturated rings. The van der Waals surface area contributed by atoms with Gasteiger partial charge < -0.3 is 10.6 Å². The Kier molecular flexibility index (Phi) is 5.49. The molecule has 1 atom stereocenters. The van der Waals surface area contributed by atoms with E-state index in [9.17, 15) is 19.7 Å². The number of anilines is 1. The summed E-state index contributed by atoms with van der Waals surface area (Å²) in [5.74, 6) is -0.988. The van der Waals surface area contributed by atoms with Gasteiger partial charge in [-0.05, 0) is 25.1 Å². The monoisotopic (exact) mass is 347 g/mol. The molecular weight excluding hydrogens is 334 g/mol. The first-order valence-electron chi connectivity index (χ1n) is 6.99. The van der Waals surface area contributed by atoms with Gasteiger partial charge in [-0.15, -0.1) is 0 Å². The summed E-state index contributed by atoms with van der Waals surface area (Å²) < 4.78 is 0. The molecule has 0 aliphatic rings. The highest BCUT2D eigenvalue weighted by Crippen LogP contribution is 2.17. The molecule has 0 saturated carbocycles. The molecule has 124 valence electrons. The van der Waals surface area contributed by atoms with Crippen LogP contribution < -0.4 is 10.6 Å². The van der Waals surface area contributed by atoms with Gasteiger partial charge in [0.1, 0.15) is 6.04 Å². The largest absolute Gasteiger partial charge is 0.340 e. The Morgan fingerprint density at radius 1 is 1.17 bits per heavy atom. The second-order valence-corrected chi connectivity index (χ2v) is 5.38. The number of halogens is 1. The van der Waals surface area contributed by atoms with Gasteiger partial charge >= 0.3 is 0 Å². The Bertz CT molecular complexity index is 794. The highest BCUT2D eigenvalue weighted by atomic mass is 35.5. The van der Waals surface area contributed by atoms with Crippen molar-refractivity contribution in [3.05, 3.63) is 69.2 Å².